The molecule has 0 unspecified atom stereocenters. The van der Waals surface area contributed by atoms with Crippen LogP contribution in [0.15, 0.2) is 16.8 Å². The molecular weight excluding hydrogens is 136 g/mol. The van der Waals surface area contributed by atoms with E-state index in [0.29, 0.717) is 5.41 Å². The van der Waals surface area contributed by atoms with Gasteiger partial charge in [0.05, 0.1) is 0 Å². The predicted octanol–water partition coefficient (Wildman–Crippen LogP) is 1.72. The fourth-order valence-corrected chi connectivity index (χ4v) is 1.23. The molecule has 0 saturated heterocycles. The maximum absolute atomic E-state index is 5.40. The van der Waals surface area contributed by atoms with E-state index in [-0.39, 0.29) is 0 Å². The second-order valence-corrected chi connectivity index (χ2v) is 3.95. The molecule has 0 atom stereocenters. The second-order valence-electron chi connectivity index (χ2n) is 3.95. The third kappa shape index (κ3) is 1.82. The second kappa shape index (κ2) is 2.68. The third-order valence-corrected chi connectivity index (χ3v) is 2.05. The largest absolute Gasteiger partial charge is 0.404 e. The van der Waals surface area contributed by atoms with E-state index in [1.165, 1.54) is 5.71 Å². The van der Waals surface area contributed by atoms with Crippen LogP contribution >= 0.6 is 0 Å². The Labute approximate surface area is 68.2 Å². The van der Waals surface area contributed by atoms with Crippen molar-refractivity contribution in [3.05, 3.63) is 11.8 Å². The maximum Gasteiger partial charge on any atom is 0.0447 e. The summed E-state index contributed by atoms with van der Waals surface area (Å²) in [5, 5.41) is 0. The summed E-state index contributed by atoms with van der Waals surface area (Å²) in [7, 11) is 0. The Morgan fingerprint density at radius 3 is 2.64 bits per heavy atom. The highest BCUT2D eigenvalue weighted by Gasteiger charge is 2.26. The van der Waals surface area contributed by atoms with Crippen LogP contribution in [0.2, 0.25) is 0 Å². The molecule has 0 aromatic heterocycles. The quantitative estimate of drug-likeness (QED) is 0.610. The molecule has 1 aliphatic rings. The lowest BCUT2D eigenvalue weighted by Crippen LogP contribution is -2.12. The molecule has 0 aromatic carbocycles. The first-order chi connectivity index (χ1) is 5.05. The average Bonchev–Trinajstić information content (AvgIpc) is 2.29. The first kappa shape index (κ1) is 8.31. The van der Waals surface area contributed by atoms with Gasteiger partial charge in [-0.25, -0.2) is 0 Å². The van der Waals surface area contributed by atoms with Gasteiger partial charge in [-0.2, -0.15) is 0 Å². The fourth-order valence-electron chi connectivity index (χ4n) is 1.23. The van der Waals surface area contributed by atoms with Crippen molar-refractivity contribution in [2.75, 3.05) is 6.54 Å². The Balaban J connectivity index is 2.67. The van der Waals surface area contributed by atoms with Crippen molar-refractivity contribution in [3.63, 3.8) is 0 Å². The van der Waals surface area contributed by atoms with Gasteiger partial charge in [-0.05, 0) is 30.5 Å². The molecule has 2 heteroatoms. The molecule has 1 heterocycles. The van der Waals surface area contributed by atoms with E-state index in [1.54, 1.807) is 6.20 Å². The summed E-state index contributed by atoms with van der Waals surface area (Å²) in [6, 6.07) is 0. The van der Waals surface area contributed by atoms with Crippen LogP contribution in [0.5, 0.6) is 0 Å². The smallest absolute Gasteiger partial charge is 0.0447 e. The molecule has 0 fully saturated rings. The molecule has 2 N–H and O–H groups in total. The first-order valence-corrected chi connectivity index (χ1v) is 3.97. The van der Waals surface area contributed by atoms with E-state index in [2.05, 4.69) is 18.8 Å². The summed E-state index contributed by atoms with van der Waals surface area (Å²) in [5.74, 6) is 0. The monoisotopic (exact) mass is 152 g/mol. The van der Waals surface area contributed by atoms with E-state index >= 15 is 0 Å². The Morgan fingerprint density at radius 2 is 2.27 bits per heavy atom. The molecule has 0 aliphatic carbocycles. The van der Waals surface area contributed by atoms with Crippen molar-refractivity contribution < 1.29 is 0 Å². The van der Waals surface area contributed by atoms with E-state index < -0.39 is 0 Å². The molecular formula is C9H16N2. The van der Waals surface area contributed by atoms with Gasteiger partial charge in [0.1, 0.15) is 0 Å². The maximum atomic E-state index is 5.40. The lowest BCUT2D eigenvalue weighted by atomic mass is 9.89. The minimum atomic E-state index is 0.347. The zero-order valence-electron chi connectivity index (χ0n) is 7.52. The summed E-state index contributed by atoms with van der Waals surface area (Å²) >= 11 is 0. The number of hydrogen-bond donors (Lipinski definition) is 1. The van der Waals surface area contributed by atoms with E-state index in [0.717, 1.165) is 18.5 Å². The average molecular weight is 152 g/mol. The van der Waals surface area contributed by atoms with Gasteiger partial charge < -0.3 is 5.73 Å². The van der Waals surface area contributed by atoms with Crippen molar-refractivity contribution in [2.24, 2.45) is 16.1 Å². The molecule has 62 valence electrons. The van der Waals surface area contributed by atoms with Crippen LogP contribution in [0.25, 0.3) is 0 Å². The van der Waals surface area contributed by atoms with Gasteiger partial charge in [-0.15, -0.1) is 0 Å². The summed E-state index contributed by atoms with van der Waals surface area (Å²) in [6.07, 6.45) is 2.70. The Bertz CT molecular complexity index is 212. The molecule has 0 radical (unpaired) electrons. The number of rotatable bonds is 1. The van der Waals surface area contributed by atoms with Crippen molar-refractivity contribution >= 4 is 5.71 Å². The van der Waals surface area contributed by atoms with Gasteiger partial charge in [0.15, 0.2) is 0 Å². The summed E-state index contributed by atoms with van der Waals surface area (Å²) < 4.78 is 0. The van der Waals surface area contributed by atoms with Crippen LogP contribution in [0.1, 0.15) is 27.2 Å². The minimum Gasteiger partial charge on any atom is -0.404 e. The van der Waals surface area contributed by atoms with Crippen LogP contribution in [-0.4, -0.2) is 12.3 Å². The molecule has 1 aliphatic heterocycles. The molecule has 0 saturated carbocycles. The van der Waals surface area contributed by atoms with Gasteiger partial charge in [0.2, 0.25) is 0 Å². The number of aliphatic imine (C=N–C) groups is 1. The van der Waals surface area contributed by atoms with Crippen LogP contribution < -0.4 is 5.73 Å². The topological polar surface area (TPSA) is 38.4 Å². The van der Waals surface area contributed by atoms with E-state index in [1.807, 2.05) is 6.92 Å². The Morgan fingerprint density at radius 1 is 1.64 bits per heavy atom. The highest BCUT2D eigenvalue weighted by atomic mass is 14.8. The first-order valence-electron chi connectivity index (χ1n) is 3.97. The van der Waals surface area contributed by atoms with Gasteiger partial charge in [0, 0.05) is 12.3 Å². The van der Waals surface area contributed by atoms with Gasteiger partial charge >= 0.3 is 0 Å². The summed E-state index contributed by atoms with van der Waals surface area (Å²) in [6.45, 7) is 7.41. The van der Waals surface area contributed by atoms with Crippen molar-refractivity contribution in [1.29, 1.82) is 0 Å². The van der Waals surface area contributed by atoms with E-state index in [9.17, 15) is 0 Å². The Kier molecular flexibility index (Phi) is 2.03. The van der Waals surface area contributed by atoms with Crippen molar-refractivity contribution in [2.45, 2.75) is 27.2 Å². The van der Waals surface area contributed by atoms with Crippen LogP contribution in [0, 0.1) is 5.41 Å². The SMILES string of the molecule is CC(=CN)C1=NCC(C)(C)C1. The van der Waals surface area contributed by atoms with Gasteiger partial charge in [0.25, 0.3) is 0 Å². The zero-order valence-corrected chi connectivity index (χ0v) is 7.52. The van der Waals surface area contributed by atoms with Crippen LogP contribution in [-0.2, 0) is 0 Å². The number of nitrogens with two attached hydrogens (primary N) is 1. The summed E-state index contributed by atoms with van der Waals surface area (Å²) in [4.78, 5) is 4.43. The normalized spacial score (nSPS) is 23.5. The summed E-state index contributed by atoms with van der Waals surface area (Å²) in [5.41, 5.74) is 8.04. The third-order valence-electron chi connectivity index (χ3n) is 2.05. The number of hydrogen-bond acceptors (Lipinski definition) is 2. The number of nitrogens with zero attached hydrogens (tertiary/aromatic N) is 1. The molecule has 0 aromatic rings. The molecule has 11 heavy (non-hydrogen) atoms. The highest BCUT2D eigenvalue weighted by molar-refractivity contribution is 6.01. The molecule has 0 spiro atoms. The van der Waals surface area contributed by atoms with Crippen LogP contribution in [0.4, 0.5) is 0 Å². The lowest BCUT2D eigenvalue weighted by Gasteiger charge is -2.14. The van der Waals surface area contributed by atoms with Crippen molar-refractivity contribution in [1.82, 2.24) is 0 Å². The lowest BCUT2D eigenvalue weighted by molar-refractivity contribution is 0.423. The van der Waals surface area contributed by atoms with E-state index in [4.69, 9.17) is 5.73 Å². The Hall–Kier alpha value is -0.790. The van der Waals surface area contributed by atoms with Crippen molar-refractivity contribution in [3.8, 4) is 0 Å². The molecule has 0 amide bonds. The number of allylic oxidation sites excluding steroid dienone is 1. The molecule has 0 bridgehead atoms. The van der Waals surface area contributed by atoms with Crippen LogP contribution in [0.3, 0.4) is 0 Å². The minimum absolute atomic E-state index is 0.347. The highest BCUT2D eigenvalue weighted by Crippen LogP contribution is 2.29. The standard InChI is InChI=1S/C9H16N2/c1-7(5-10)8-4-9(2,3)6-11-8/h5H,4,6,10H2,1-3H3. The molecule has 1 rings (SSSR count). The predicted molar refractivity (Wildman–Crippen MR) is 48.6 cm³/mol. The van der Waals surface area contributed by atoms with Gasteiger partial charge in [-0.1, -0.05) is 13.8 Å². The van der Waals surface area contributed by atoms with Gasteiger partial charge in [-0.3, -0.25) is 4.99 Å². The fraction of sp³-hybridized carbons (Fsp3) is 0.667. The zero-order chi connectivity index (χ0) is 8.48. The molecule has 2 nitrogen and oxygen atoms in total.